The fraction of sp³-hybridized carbons (Fsp3) is 0.200. The fourth-order valence-electron chi connectivity index (χ4n) is 1.47. The molecule has 0 atom stereocenters. The van der Waals surface area contributed by atoms with Gasteiger partial charge in [-0.15, -0.1) is 5.10 Å². The monoisotopic (exact) mass is 277 g/mol. The largest absolute Gasteiger partial charge is 0.435 e. The van der Waals surface area contributed by atoms with Crippen LogP contribution in [0.25, 0.3) is 5.69 Å². The summed E-state index contributed by atoms with van der Waals surface area (Å²) < 4.78 is 39.2. The van der Waals surface area contributed by atoms with Gasteiger partial charge >= 0.3 is 6.18 Å². The number of alkyl halides is 3. The van der Waals surface area contributed by atoms with Gasteiger partial charge in [0, 0.05) is 5.02 Å². The number of halogens is 4. The topological polar surface area (TPSA) is 50.9 Å². The minimum Gasteiger partial charge on any atom is -0.390 e. The van der Waals surface area contributed by atoms with E-state index in [-0.39, 0.29) is 5.69 Å². The lowest BCUT2D eigenvalue weighted by atomic mass is 10.2. The minimum absolute atomic E-state index is 0.166. The van der Waals surface area contributed by atoms with Gasteiger partial charge in [0.05, 0.1) is 12.3 Å². The second kappa shape index (κ2) is 4.58. The zero-order chi connectivity index (χ0) is 13.3. The van der Waals surface area contributed by atoms with Crippen molar-refractivity contribution < 1.29 is 18.3 Å². The van der Waals surface area contributed by atoms with Crippen LogP contribution >= 0.6 is 11.6 Å². The highest BCUT2D eigenvalue weighted by atomic mass is 35.5. The van der Waals surface area contributed by atoms with Crippen LogP contribution in [-0.4, -0.2) is 20.1 Å². The molecule has 0 bridgehead atoms. The van der Waals surface area contributed by atoms with Crippen molar-refractivity contribution in [1.29, 1.82) is 0 Å². The molecule has 1 aromatic heterocycles. The maximum absolute atomic E-state index is 12.9. The molecule has 96 valence electrons. The molecule has 18 heavy (non-hydrogen) atoms. The second-order valence-corrected chi connectivity index (χ2v) is 3.87. The standard InChI is InChI=1S/C10H7ClF3N3O/c11-6-1-3-7(4-2-6)17-9(10(12,13)14)8(5-18)15-16-17/h1-4,18H,5H2. The Labute approximate surface area is 105 Å². The first-order valence-electron chi connectivity index (χ1n) is 4.82. The molecule has 0 aliphatic heterocycles. The van der Waals surface area contributed by atoms with E-state index in [9.17, 15) is 13.2 Å². The Bertz CT molecular complexity index is 550. The molecule has 2 aromatic rings. The summed E-state index contributed by atoms with van der Waals surface area (Å²) in [7, 11) is 0. The summed E-state index contributed by atoms with van der Waals surface area (Å²) in [6.07, 6.45) is -4.65. The summed E-state index contributed by atoms with van der Waals surface area (Å²) in [4.78, 5) is 0. The Morgan fingerprint density at radius 1 is 1.22 bits per heavy atom. The van der Waals surface area contributed by atoms with Crippen LogP contribution in [-0.2, 0) is 12.8 Å². The van der Waals surface area contributed by atoms with Crippen LogP contribution in [0.15, 0.2) is 24.3 Å². The summed E-state index contributed by atoms with van der Waals surface area (Å²) in [5.74, 6) is 0. The summed E-state index contributed by atoms with van der Waals surface area (Å²) in [6.45, 7) is -0.831. The molecule has 0 saturated carbocycles. The van der Waals surface area contributed by atoms with Gasteiger partial charge in [0.1, 0.15) is 5.69 Å². The van der Waals surface area contributed by atoms with Crippen molar-refractivity contribution in [3.8, 4) is 5.69 Å². The van der Waals surface area contributed by atoms with Crippen LogP contribution in [0.3, 0.4) is 0 Å². The van der Waals surface area contributed by atoms with Crippen molar-refractivity contribution in [3.63, 3.8) is 0 Å². The van der Waals surface area contributed by atoms with E-state index in [4.69, 9.17) is 16.7 Å². The number of aliphatic hydroxyl groups is 1. The first kappa shape index (κ1) is 12.8. The van der Waals surface area contributed by atoms with Crippen LogP contribution in [0.1, 0.15) is 11.4 Å². The number of hydrogen-bond donors (Lipinski definition) is 1. The fourth-order valence-corrected chi connectivity index (χ4v) is 1.59. The van der Waals surface area contributed by atoms with Crippen LogP contribution in [0.4, 0.5) is 13.2 Å². The van der Waals surface area contributed by atoms with Crippen molar-refractivity contribution in [3.05, 3.63) is 40.7 Å². The van der Waals surface area contributed by atoms with Gasteiger partial charge in [0.25, 0.3) is 0 Å². The van der Waals surface area contributed by atoms with Gasteiger partial charge in [-0.2, -0.15) is 13.2 Å². The van der Waals surface area contributed by atoms with E-state index < -0.39 is 24.2 Å². The third-order valence-corrected chi connectivity index (χ3v) is 2.48. The molecule has 0 aliphatic carbocycles. The second-order valence-electron chi connectivity index (χ2n) is 3.43. The minimum atomic E-state index is -4.65. The molecule has 0 amide bonds. The van der Waals surface area contributed by atoms with Crippen molar-refractivity contribution in [1.82, 2.24) is 15.0 Å². The van der Waals surface area contributed by atoms with Gasteiger partial charge in [-0.1, -0.05) is 16.8 Å². The molecule has 0 aliphatic rings. The van der Waals surface area contributed by atoms with E-state index in [0.29, 0.717) is 9.70 Å². The highest BCUT2D eigenvalue weighted by Gasteiger charge is 2.39. The number of aliphatic hydroxyl groups excluding tert-OH is 1. The van der Waals surface area contributed by atoms with Crippen LogP contribution in [0, 0.1) is 0 Å². The normalized spacial score (nSPS) is 11.8. The third-order valence-electron chi connectivity index (χ3n) is 2.23. The molecular formula is C10H7ClF3N3O. The molecule has 0 unspecified atom stereocenters. The summed E-state index contributed by atoms with van der Waals surface area (Å²) in [5.41, 5.74) is -1.44. The van der Waals surface area contributed by atoms with Gasteiger partial charge < -0.3 is 5.11 Å². The number of aromatic nitrogens is 3. The van der Waals surface area contributed by atoms with Crippen LogP contribution < -0.4 is 0 Å². The lowest BCUT2D eigenvalue weighted by Gasteiger charge is -2.10. The van der Waals surface area contributed by atoms with Gasteiger partial charge in [0.15, 0.2) is 5.69 Å². The Hall–Kier alpha value is -1.60. The molecular weight excluding hydrogens is 271 g/mol. The maximum atomic E-state index is 12.9. The zero-order valence-corrected chi connectivity index (χ0v) is 9.57. The molecule has 1 N–H and O–H groups in total. The van der Waals surface area contributed by atoms with Crippen molar-refractivity contribution in [2.24, 2.45) is 0 Å². The number of benzene rings is 1. The highest BCUT2D eigenvalue weighted by molar-refractivity contribution is 6.30. The van der Waals surface area contributed by atoms with Crippen LogP contribution in [0.5, 0.6) is 0 Å². The predicted molar refractivity (Wildman–Crippen MR) is 57.3 cm³/mol. The molecule has 0 spiro atoms. The molecule has 2 rings (SSSR count). The van der Waals surface area contributed by atoms with Gasteiger partial charge in [0.2, 0.25) is 0 Å². The van der Waals surface area contributed by atoms with E-state index in [2.05, 4.69) is 10.3 Å². The number of rotatable bonds is 2. The van der Waals surface area contributed by atoms with Gasteiger partial charge in [-0.05, 0) is 24.3 Å². The summed E-state index contributed by atoms with van der Waals surface area (Å²) >= 11 is 5.65. The van der Waals surface area contributed by atoms with Gasteiger partial charge in [-0.25, -0.2) is 4.68 Å². The first-order chi connectivity index (χ1) is 8.43. The highest BCUT2D eigenvalue weighted by Crippen LogP contribution is 2.32. The molecule has 4 nitrogen and oxygen atoms in total. The summed E-state index contributed by atoms with van der Waals surface area (Å²) in [5, 5.41) is 16.0. The lowest BCUT2D eigenvalue weighted by molar-refractivity contribution is -0.143. The smallest absolute Gasteiger partial charge is 0.390 e. The molecule has 0 radical (unpaired) electrons. The van der Waals surface area contributed by atoms with Crippen molar-refractivity contribution in [2.45, 2.75) is 12.8 Å². The molecule has 1 heterocycles. The number of hydrogen-bond acceptors (Lipinski definition) is 3. The van der Waals surface area contributed by atoms with Gasteiger partial charge in [-0.3, -0.25) is 0 Å². The lowest BCUT2D eigenvalue weighted by Crippen LogP contribution is -2.15. The van der Waals surface area contributed by atoms with E-state index in [1.54, 1.807) is 0 Å². The third kappa shape index (κ3) is 2.32. The Kier molecular flexibility index (Phi) is 3.27. The average molecular weight is 278 g/mol. The SMILES string of the molecule is OCc1nnn(-c2ccc(Cl)cc2)c1C(F)(F)F. The van der Waals surface area contributed by atoms with E-state index in [0.717, 1.165) is 0 Å². The Balaban J connectivity index is 2.58. The summed E-state index contributed by atoms with van der Waals surface area (Å²) in [6, 6.07) is 5.65. The zero-order valence-electron chi connectivity index (χ0n) is 8.82. The molecule has 0 saturated heterocycles. The van der Waals surface area contributed by atoms with E-state index in [1.807, 2.05) is 0 Å². The van der Waals surface area contributed by atoms with Crippen LogP contribution in [0.2, 0.25) is 5.02 Å². The Morgan fingerprint density at radius 3 is 2.33 bits per heavy atom. The molecule has 1 aromatic carbocycles. The van der Waals surface area contributed by atoms with E-state index >= 15 is 0 Å². The van der Waals surface area contributed by atoms with E-state index in [1.165, 1.54) is 24.3 Å². The Morgan fingerprint density at radius 2 is 1.83 bits per heavy atom. The van der Waals surface area contributed by atoms with Crippen molar-refractivity contribution in [2.75, 3.05) is 0 Å². The molecule has 8 heteroatoms. The quantitative estimate of drug-likeness (QED) is 0.917. The predicted octanol–water partition coefficient (Wildman–Crippen LogP) is 2.43. The van der Waals surface area contributed by atoms with Crippen molar-refractivity contribution >= 4 is 11.6 Å². The maximum Gasteiger partial charge on any atom is 0.435 e. The first-order valence-corrected chi connectivity index (χ1v) is 5.20. The molecule has 0 fully saturated rings. The number of nitrogens with zero attached hydrogens (tertiary/aromatic N) is 3. The average Bonchev–Trinajstić information content (AvgIpc) is 2.73.